The van der Waals surface area contributed by atoms with Crippen molar-refractivity contribution in [3.8, 4) is 0 Å². The SMILES string of the molecule is CN=C(NCC1(C(=O)N(C)C)CCCC1)N(C)CCOCC1CC1. The van der Waals surface area contributed by atoms with Crippen LogP contribution in [0, 0.1) is 11.3 Å². The van der Waals surface area contributed by atoms with E-state index in [9.17, 15) is 4.79 Å². The van der Waals surface area contributed by atoms with Crippen LogP contribution in [0.3, 0.4) is 0 Å². The molecule has 6 nitrogen and oxygen atoms in total. The fraction of sp³-hybridized carbons (Fsp3) is 0.889. The Morgan fingerprint density at radius 1 is 1.25 bits per heavy atom. The molecule has 0 saturated heterocycles. The molecule has 2 aliphatic rings. The van der Waals surface area contributed by atoms with E-state index in [4.69, 9.17) is 4.74 Å². The van der Waals surface area contributed by atoms with Gasteiger partial charge in [-0.2, -0.15) is 0 Å². The summed E-state index contributed by atoms with van der Waals surface area (Å²) < 4.78 is 5.71. The molecule has 1 amide bonds. The van der Waals surface area contributed by atoms with Crippen LogP contribution in [0.4, 0.5) is 0 Å². The Morgan fingerprint density at radius 3 is 2.46 bits per heavy atom. The van der Waals surface area contributed by atoms with Crippen molar-refractivity contribution in [2.75, 3.05) is 54.5 Å². The number of carbonyl (C=O) groups excluding carboxylic acids is 1. The van der Waals surface area contributed by atoms with Crippen molar-refractivity contribution in [2.45, 2.75) is 38.5 Å². The number of hydrogen-bond acceptors (Lipinski definition) is 3. The van der Waals surface area contributed by atoms with Crippen LogP contribution in [0.15, 0.2) is 4.99 Å². The number of amides is 1. The van der Waals surface area contributed by atoms with Crippen LogP contribution in [0.5, 0.6) is 0 Å². The normalized spacial score (nSPS) is 20.1. The molecule has 138 valence electrons. The van der Waals surface area contributed by atoms with Crippen molar-refractivity contribution < 1.29 is 9.53 Å². The molecule has 2 aliphatic carbocycles. The number of hydrogen-bond donors (Lipinski definition) is 1. The van der Waals surface area contributed by atoms with E-state index < -0.39 is 0 Å². The summed E-state index contributed by atoms with van der Waals surface area (Å²) in [5.41, 5.74) is -0.275. The molecule has 0 aromatic heterocycles. The highest BCUT2D eigenvalue weighted by atomic mass is 16.5. The van der Waals surface area contributed by atoms with E-state index >= 15 is 0 Å². The van der Waals surface area contributed by atoms with Gasteiger partial charge in [0.15, 0.2) is 5.96 Å². The molecular weight excluding hydrogens is 304 g/mol. The lowest BCUT2D eigenvalue weighted by Gasteiger charge is -2.32. The molecule has 2 saturated carbocycles. The van der Waals surface area contributed by atoms with E-state index in [1.54, 1.807) is 11.9 Å². The largest absolute Gasteiger partial charge is 0.379 e. The number of carbonyl (C=O) groups is 1. The highest BCUT2D eigenvalue weighted by molar-refractivity contribution is 5.85. The first-order valence-electron chi connectivity index (χ1n) is 9.20. The Labute approximate surface area is 146 Å². The topological polar surface area (TPSA) is 57.2 Å². The van der Waals surface area contributed by atoms with Crippen LogP contribution < -0.4 is 5.32 Å². The molecule has 2 rings (SSSR count). The van der Waals surface area contributed by atoms with E-state index in [2.05, 4.69) is 15.2 Å². The molecule has 0 aliphatic heterocycles. The van der Waals surface area contributed by atoms with Crippen molar-refractivity contribution in [3.05, 3.63) is 0 Å². The Balaban J connectivity index is 1.80. The first-order valence-corrected chi connectivity index (χ1v) is 9.20. The highest BCUT2D eigenvalue weighted by Gasteiger charge is 2.42. The van der Waals surface area contributed by atoms with Crippen LogP contribution >= 0.6 is 0 Å². The number of aliphatic imine (C=N–C) groups is 1. The third kappa shape index (κ3) is 5.10. The van der Waals surface area contributed by atoms with Gasteiger partial charge in [0.25, 0.3) is 0 Å². The van der Waals surface area contributed by atoms with Gasteiger partial charge < -0.3 is 19.9 Å². The molecule has 0 spiro atoms. The summed E-state index contributed by atoms with van der Waals surface area (Å²) in [6, 6.07) is 0. The third-order valence-corrected chi connectivity index (χ3v) is 5.20. The zero-order chi connectivity index (χ0) is 17.6. The number of rotatable bonds is 8. The molecule has 6 heteroatoms. The molecule has 0 atom stereocenters. The Hall–Kier alpha value is -1.30. The summed E-state index contributed by atoms with van der Waals surface area (Å²) >= 11 is 0. The van der Waals surface area contributed by atoms with E-state index in [0.717, 1.165) is 57.3 Å². The predicted molar refractivity (Wildman–Crippen MR) is 97.1 cm³/mol. The van der Waals surface area contributed by atoms with Crippen LogP contribution in [-0.2, 0) is 9.53 Å². The Morgan fingerprint density at radius 2 is 1.92 bits per heavy atom. The summed E-state index contributed by atoms with van der Waals surface area (Å²) in [4.78, 5) is 20.8. The van der Waals surface area contributed by atoms with E-state index in [0.29, 0.717) is 6.54 Å². The molecule has 0 radical (unpaired) electrons. The van der Waals surface area contributed by atoms with E-state index in [1.165, 1.54) is 12.8 Å². The maximum absolute atomic E-state index is 12.6. The lowest BCUT2D eigenvalue weighted by Crippen LogP contribution is -2.49. The minimum Gasteiger partial charge on any atom is -0.379 e. The van der Waals surface area contributed by atoms with Crippen LogP contribution in [0.2, 0.25) is 0 Å². The number of ether oxygens (including phenoxy) is 1. The fourth-order valence-corrected chi connectivity index (χ4v) is 3.47. The van der Waals surface area contributed by atoms with Crippen molar-refractivity contribution in [1.82, 2.24) is 15.1 Å². The number of guanidine groups is 1. The molecule has 24 heavy (non-hydrogen) atoms. The van der Waals surface area contributed by atoms with Gasteiger partial charge in [0.1, 0.15) is 0 Å². The second kappa shape index (κ2) is 8.70. The second-order valence-electron chi connectivity index (χ2n) is 7.53. The van der Waals surface area contributed by atoms with Gasteiger partial charge in [0.05, 0.1) is 12.0 Å². The minimum atomic E-state index is -0.275. The zero-order valence-corrected chi connectivity index (χ0v) is 15.8. The monoisotopic (exact) mass is 338 g/mol. The lowest BCUT2D eigenvalue weighted by molar-refractivity contribution is -0.138. The minimum absolute atomic E-state index is 0.235. The van der Waals surface area contributed by atoms with Crippen LogP contribution in [0.25, 0.3) is 0 Å². The van der Waals surface area contributed by atoms with Gasteiger partial charge in [-0.15, -0.1) is 0 Å². The second-order valence-corrected chi connectivity index (χ2v) is 7.53. The van der Waals surface area contributed by atoms with E-state index in [1.807, 2.05) is 21.1 Å². The van der Waals surface area contributed by atoms with Gasteiger partial charge in [-0.25, -0.2) is 0 Å². The quantitative estimate of drug-likeness (QED) is 0.415. The van der Waals surface area contributed by atoms with E-state index in [-0.39, 0.29) is 11.3 Å². The number of nitrogens with zero attached hydrogens (tertiary/aromatic N) is 3. The van der Waals surface area contributed by atoms with Gasteiger partial charge in [-0.1, -0.05) is 12.8 Å². The summed E-state index contributed by atoms with van der Waals surface area (Å²) in [6.07, 6.45) is 6.82. The van der Waals surface area contributed by atoms with Gasteiger partial charge in [-0.3, -0.25) is 9.79 Å². The van der Waals surface area contributed by atoms with Crippen molar-refractivity contribution in [2.24, 2.45) is 16.3 Å². The van der Waals surface area contributed by atoms with Crippen LogP contribution in [0.1, 0.15) is 38.5 Å². The average Bonchev–Trinajstić information content (AvgIpc) is 3.27. The first-order chi connectivity index (χ1) is 11.5. The molecule has 0 heterocycles. The Kier molecular flexibility index (Phi) is 6.90. The van der Waals surface area contributed by atoms with Crippen molar-refractivity contribution >= 4 is 11.9 Å². The molecular formula is C18H34N4O2. The lowest BCUT2D eigenvalue weighted by atomic mass is 9.84. The molecule has 1 N–H and O–H groups in total. The molecule has 2 fully saturated rings. The molecule has 0 aromatic rings. The van der Waals surface area contributed by atoms with Gasteiger partial charge >= 0.3 is 0 Å². The van der Waals surface area contributed by atoms with Gasteiger partial charge in [-0.05, 0) is 31.6 Å². The maximum Gasteiger partial charge on any atom is 0.230 e. The third-order valence-electron chi connectivity index (χ3n) is 5.20. The molecule has 0 aromatic carbocycles. The molecule has 0 bridgehead atoms. The molecule has 0 unspecified atom stereocenters. The van der Waals surface area contributed by atoms with Crippen molar-refractivity contribution in [1.29, 1.82) is 0 Å². The van der Waals surface area contributed by atoms with Crippen LogP contribution in [-0.4, -0.2) is 76.2 Å². The standard InChI is InChI=1S/C18H34N4O2/c1-19-17(22(4)11-12-24-13-15-7-8-15)20-14-18(9-5-6-10-18)16(23)21(2)3/h15H,5-14H2,1-4H3,(H,19,20). The van der Waals surface area contributed by atoms with Gasteiger partial charge in [0.2, 0.25) is 5.91 Å². The highest BCUT2D eigenvalue weighted by Crippen LogP contribution is 2.38. The summed E-state index contributed by atoms with van der Waals surface area (Å²) in [6.45, 7) is 3.07. The van der Waals surface area contributed by atoms with Gasteiger partial charge in [0, 0.05) is 47.9 Å². The number of likely N-dealkylation sites (N-methyl/N-ethyl adjacent to an activating group) is 1. The summed E-state index contributed by atoms with van der Waals surface area (Å²) in [5.74, 6) is 1.87. The summed E-state index contributed by atoms with van der Waals surface area (Å²) in [5, 5.41) is 3.42. The first kappa shape index (κ1) is 19.0. The average molecular weight is 338 g/mol. The van der Waals surface area contributed by atoms with Crippen molar-refractivity contribution in [3.63, 3.8) is 0 Å². The zero-order valence-electron chi connectivity index (χ0n) is 15.8. The smallest absolute Gasteiger partial charge is 0.230 e. The Bertz CT molecular complexity index is 440. The maximum atomic E-state index is 12.6. The number of nitrogens with one attached hydrogen (secondary N) is 1. The predicted octanol–water partition coefficient (Wildman–Crippen LogP) is 1.57. The summed E-state index contributed by atoms with van der Waals surface area (Å²) in [7, 11) is 7.50. The fourth-order valence-electron chi connectivity index (χ4n) is 3.47.